The molecule has 0 heterocycles. The standard InChI is InChI=1S/C20H25NO2S/c1-4-23-19-11-9-18(10-12-19)16(3)21-20(22)14-24-13-17-7-5-15(2)6-8-17/h5-12,16H,4,13-14H2,1-3H3,(H,21,22). The van der Waals surface area contributed by atoms with Gasteiger partial charge in [0.15, 0.2) is 0 Å². The molecule has 4 heteroatoms. The maximum Gasteiger partial charge on any atom is 0.230 e. The molecule has 0 saturated heterocycles. The fourth-order valence-corrected chi connectivity index (χ4v) is 3.13. The van der Waals surface area contributed by atoms with E-state index in [0.717, 1.165) is 17.1 Å². The van der Waals surface area contributed by atoms with Gasteiger partial charge >= 0.3 is 0 Å². The normalized spacial score (nSPS) is 11.8. The van der Waals surface area contributed by atoms with E-state index in [4.69, 9.17) is 4.74 Å². The average Bonchev–Trinajstić information content (AvgIpc) is 2.57. The number of aryl methyl sites for hydroxylation is 1. The van der Waals surface area contributed by atoms with Crippen LogP contribution >= 0.6 is 11.8 Å². The molecule has 0 aliphatic carbocycles. The van der Waals surface area contributed by atoms with Crippen molar-refractivity contribution in [2.75, 3.05) is 12.4 Å². The summed E-state index contributed by atoms with van der Waals surface area (Å²) >= 11 is 1.63. The topological polar surface area (TPSA) is 38.3 Å². The maximum atomic E-state index is 12.1. The second-order valence-corrected chi connectivity index (χ2v) is 6.76. The average molecular weight is 343 g/mol. The first-order valence-corrected chi connectivity index (χ1v) is 9.39. The van der Waals surface area contributed by atoms with Gasteiger partial charge in [-0.05, 0) is 44.0 Å². The summed E-state index contributed by atoms with van der Waals surface area (Å²) in [6, 6.07) is 16.3. The van der Waals surface area contributed by atoms with Crippen molar-refractivity contribution in [2.24, 2.45) is 0 Å². The zero-order chi connectivity index (χ0) is 17.4. The highest BCUT2D eigenvalue weighted by molar-refractivity contribution is 7.99. The van der Waals surface area contributed by atoms with Gasteiger partial charge in [0.1, 0.15) is 5.75 Å². The molecule has 0 aliphatic rings. The predicted octanol–water partition coefficient (Wildman–Crippen LogP) is 4.50. The van der Waals surface area contributed by atoms with Crippen LogP contribution in [0.2, 0.25) is 0 Å². The molecule has 1 amide bonds. The lowest BCUT2D eigenvalue weighted by Gasteiger charge is -2.15. The van der Waals surface area contributed by atoms with Crippen molar-refractivity contribution in [3.05, 3.63) is 65.2 Å². The summed E-state index contributed by atoms with van der Waals surface area (Å²) < 4.78 is 5.43. The lowest BCUT2D eigenvalue weighted by molar-refractivity contribution is -0.119. The largest absolute Gasteiger partial charge is 0.494 e. The highest BCUT2D eigenvalue weighted by Crippen LogP contribution is 2.18. The number of nitrogens with one attached hydrogen (secondary N) is 1. The van der Waals surface area contributed by atoms with Crippen LogP contribution in [-0.4, -0.2) is 18.3 Å². The monoisotopic (exact) mass is 343 g/mol. The van der Waals surface area contributed by atoms with Gasteiger partial charge in [-0.15, -0.1) is 11.8 Å². The summed E-state index contributed by atoms with van der Waals surface area (Å²) in [4.78, 5) is 12.1. The number of carbonyl (C=O) groups is 1. The molecule has 2 aromatic carbocycles. The number of benzene rings is 2. The second kappa shape index (κ2) is 9.38. The molecule has 1 unspecified atom stereocenters. The van der Waals surface area contributed by atoms with Gasteiger partial charge in [-0.3, -0.25) is 4.79 Å². The molecule has 24 heavy (non-hydrogen) atoms. The van der Waals surface area contributed by atoms with Crippen LogP contribution in [0.3, 0.4) is 0 Å². The lowest BCUT2D eigenvalue weighted by atomic mass is 10.1. The molecule has 0 spiro atoms. The van der Waals surface area contributed by atoms with Crippen molar-refractivity contribution >= 4 is 17.7 Å². The van der Waals surface area contributed by atoms with Gasteiger partial charge in [0.25, 0.3) is 0 Å². The summed E-state index contributed by atoms with van der Waals surface area (Å²) in [7, 11) is 0. The smallest absolute Gasteiger partial charge is 0.230 e. The van der Waals surface area contributed by atoms with Crippen LogP contribution in [0.15, 0.2) is 48.5 Å². The molecule has 0 aromatic heterocycles. The number of amides is 1. The number of carbonyl (C=O) groups excluding carboxylic acids is 1. The number of hydrogen-bond donors (Lipinski definition) is 1. The van der Waals surface area contributed by atoms with E-state index in [2.05, 4.69) is 36.5 Å². The summed E-state index contributed by atoms with van der Waals surface area (Å²) in [5, 5.41) is 3.04. The maximum absolute atomic E-state index is 12.1. The Labute approximate surface area is 148 Å². The molecule has 0 radical (unpaired) electrons. The molecule has 0 aliphatic heterocycles. The highest BCUT2D eigenvalue weighted by atomic mass is 32.2. The van der Waals surface area contributed by atoms with Crippen LogP contribution in [0, 0.1) is 6.92 Å². The van der Waals surface area contributed by atoms with E-state index in [0.29, 0.717) is 12.4 Å². The van der Waals surface area contributed by atoms with E-state index >= 15 is 0 Å². The van der Waals surface area contributed by atoms with E-state index in [1.54, 1.807) is 11.8 Å². The van der Waals surface area contributed by atoms with Crippen LogP contribution < -0.4 is 10.1 Å². The molecule has 2 rings (SSSR count). The third-order valence-corrected chi connectivity index (χ3v) is 4.69. The second-order valence-electron chi connectivity index (χ2n) is 5.77. The highest BCUT2D eigenvalue weighted by Gasteiger charge is 2.10. The number of rotatable bonds is 8. The molecule has 2 aromatic rings. The molecular formula is C20H25NO2S. The third kappa shape index (κ3) is 5.93. The number of hydrogen-bond acceptors (Lipinski definition) is 3. The Morgan fingerprint density at radius 1 is 1.12 bits per heavy atom. The van der Waals surface area contributed by atoms with Crippen molar-refractivity contribution in [1.82, 2.24) is 5.32 Å². The SMILES string of the molecule is CCOc1ccc(C(C)NC(=O)CSCc2ccc(C)cc2)cc1. The molecule has 1 N–H and O–H groups in total. The van der Waals surface area contributed by atoms with Gasteiger partial charge in [-0.1, -0.05) is 42.0 Å². The van der Waals surface area contributed by atoms with Crippen molar-refractivity contribution in [3.63, 3.8) is 0 Å². The van der Waals surface area contributed by atoms with Crippen LogP contribution in [0.5, 0.6) is 5.75 Å². The minimum Gasteiger partial charge on any atom is -0.494 e. The van der Waals surface area contributed by atoms with Crippen molar-refractivity contribution in [3.8, 4) is 5.75 Å². The predicted molar refractivity (Wildman–Crippen MR) is 102 cm³/mol. The summed E-state index contributed by atoms with van der Waals surface area (Å²) in [6.07, 6.45) is 0. The van der Waals surface area contributed by atoms with Crippen LogP contribution in [0.1, 0.15) is 36.6 Å². The van der Waals surface area contributed by atoms with Gasteiger partial charge in [-0.25, -0.2) is 0 Å². The fraction of sp³-hybridized carbons (Fsp3) is 0.350. The van der Waals surface area contributed by atoms with Gasteiger partial charge in [0, 0.05) is 5.75 Å². The summed E-state index contributed by atoms with van der Waals surface area (Å²) in [5.41, 5.74) is 3.58. The Hall–Kier alpha value is -1.94. The Morgan fingerprint density at radius 3 is 2.42 bits per heavy atom. The van der Waals surface area contributed by atoms with Gasteiger partial charge < -0.3 is 10.1 Å². The van der Waals surface area contributed by atoms with E-state index in [9.17, 15) is 4.79 Å². The first-order chi connectivity index (χ1) is 11.6. The minimum absolute atomic E-state index is 0.00634. The van der Waals surface area contributed by atoms with Crippen LogP contribution in [0.4, 0.5) is 0 Å². The number of thioether (sulfide) groups is 1. The molecule has 1 atom stereocenters. The summed E-state index contributed by atoms with van der Waals surface area (Å²) in [5.74, 6) is 2.24. The first-order valence-electron chi connectivity index (χ1n) is 8.24. The Kier molecular flexibility index (Phi) is 7.19. The van der Waals surface area contributed by atoms with Gasteiger partial charge in [0.05, 0.1) is 18.4 Å². The Bertz CT molecular complexity index is 638. The minimum atomic E-state index is -0.00634. The van der Waals surface area contributed by atoms with Gasteiger partial charge in [-0.2, -0.15) is 0 Å². The molecular weight excluding hydrogens is 318 g/mol. The third-order valence-electron chi connectivity index (χ3n) is 3.69. The van der Waals surface area contributed by atoms with Crippen molar-refractivity contribution in [1.29, 1.82) is 0 Å². The molecule has 0 bridgehead atoms. The van der Waals surface area contributed by atoms with Crippen LogP contribution in [0.25, 0.3) is 0 Å². The lowest BCUT2D eigenvalue weighted by Crippen LogP contribution is -2.28. The van der Waals surface area contributed by atoms with E-state index in [1.807, 2.05) is 38.1 Å². The number of ether oxygens (including phenoxy) is 1. The van der Waals surface area contributed by atoms with Crippen molar-refractivity contribution in [2.45, 2.75) is 32.6 Å². The molecule has 0 fully saturated rings. The zero-order valence-corrected chi connectivity index (χ0v) is 15.4. The molecule has 3 nitrogen and oxygen atoms in total. The fourth-order valence-electron chi connectivity index (χ4n) is 2.33. The molecule has 0 saturated carbocycles. The van der Waals surface area contributed by atoms with E-state index in [-0.39, 0.29) is 11.9 Å². The Balaban J connectivity index is 1.75. The molecule has 128 valence electrons. The summed E-state index contributed by atoms with van der Waals surface area (Å²) in [6.45, 7) is 6.69. The van der Waals surface area contributed by atoms with Gasteiger partial charge in [0.2, 0.25) is 5.91 Å². The van der Waals surface area contributed by atoms with E-state index in [1.165, 1.54) is 11.1 Å². The van der Waals surface area contributed by atoms with Crippen LogP contribution in [-0.2, 0) is 10.5 Å². The van der Waals surface area contributed by atoms with Crippen molar-refractivity contribution < 1.29 is 9.53 Å². The van der Waals surface area contributed by atoms with E-state index < -0.39 is 0 Å². The Morgan fingerprint density at radius 2 is 1.79 bits per heavy atom. The quantitative estimate of drug-likeness (QED) is 0.767. The zero-order valence-electron chi connectivity index (χ0n) is 14.5. The first kappa shape index (κ1) is 18.4.